The Bertz CT molecular complexity index is 1090. The molecule has 2 N–H and O–H groups in total. The molecule has 0 saturated carbocycles. The molecule has 0 atom stereocenters. The van der Waals surface area contributed by atoms with Crippen LogP contribution in [0.25, 0.3) is 0 Å². The summed E-state index contributed by atoms with van der Waals surface area (Å²) in [7, 11) is 0. The van der Waals surface area contributed by atoms with Crippen molar-refractivity contribution in [2.75, 3.05) is 5.32 Å². The molecule has 0 radical (unpaired) electrons. The van der Waals surface area contributed by atoms with Gasteiger partial charge in [0.05, 0.1) is 17.2 Å². The Kier molecular flexibility index (Phi) is 5.54. The maximum Gasteiger partial charge on any atom is 0.319 e. The normalized spacial score (nSPS) is 13.0. The molecule has 0 unspecified atom stereocenters. The van der Waals surface area contributed by atoms with E-state index in [0.29, 0.717) is 16.8 Å². The van der Waals surface area contributed by atoms with Crippen LogP contribution in [-0.4, -0.2) is 28.8 Å². The molecular weight excluding hydrogens is 390 g/mol. The SMILES string of the molecule is CC(C)N1C(=O)c2ccc(NC(=O)NC(c3ccccc3)c3ccccc3)cc2C1=O. The maximum absolute atomic E-state index is 12.8. The standard InChI is InChI=1S/C25H23N3O3/c1-16(2)28-23(29)20-14-13-19(15-21(20)24(28)30)26-25(31)27-22(17-9-5-3-6-10-17)18-11-7-4-8-12-18/h3-16,22H,1-2H3,(H2,26,27,31). The zero-order valence-corrected chi connectivity index (χ0v) is 17.3. The van der Waals surface area contributed by atoms with E-state index in [1.54, 1.807) is 32.0 Å². The first-order valence-electron chi connectivity index (χ1n) is 10.1. The van der Waals surface area contributed by atoms with Gasteiger partial charge in [0.15, 0.2) is 0 Å². The number of nitrogens with one attached hydrogen (secondary N) is 2. The third kappa shape index (κ3) is 4.05. The molecule has 6 nitrogen and oxygen atoms in total. The molecule has 1 heterocycles. The summed E-state index contributed by atoms with van der Waals surface area (Å²) in [6, 6.07) is 23.2. The highest BCUT2D eigenvalue weighted by Crippen LogP contribution is 2.28. The fraction of sp³-hybridized carbons (Fsp3) is 0.160. The largest absolute Gasteiger partial charge is 0.327 e. The third-order valence-electron chi connectivity index (χ3n) is 5.23. The van der Waals surface area contributed by atoms with Crippen molar-refractivity contribution in [3.63, 3.8) is 0 Å². The highest BCUT2D eigenvalue weighted by molar-refractivity contribution is 6.22. The Morgan fingerprint density at radius 1 is 0.774 bits per heavy atom. The van der Waals surface area contributed by atoms with Crippen LogP contribution in [-0.2, 0) is 0 Å². The molecule has 4 rings (SSSR count). The van der Waals surface area contributed by atoms with Gasteiger partial charge in [0.25, 0.3) is 11.8 Å². The molecule has 6 heteroatoms. The molecule has 31 heavy (non-hydrogen) atoms. The van der Waals surface area contributed by atoms with Crippen LogP contribution in [0.2, 0.25) is 0 Å². The van der Waals surface area contributed by atoms with Gasteiger partial charge >= 0.3 is 6.03 Å². The number of imide groups is 1. The second-order valence-corrected chi connectivity index (χ2v) is 7.69. The molecule has 0 bridgehead atoms. The molecule has 156 valence electrons. The van der Waals surface area contributed by atoms with Crippen LogP contribution >= 0.6 is 0 Å². The zero-order chi connectivity index (χ0) is 22.0. The van der Waals surface area contributed by atoms with Gasteiger partial charge in [-0.05, 0) is 43.2 Å². The predicted octanol–water partition coefficient (Wildman–Crippen LogP) is 4.60. The second-order valence-electron chi connectivity index (χ2n) is 7.69. The van der Waals surface area contributed by atoms with Crippen LogP contribution < -0.4 is 10.6 Å². The average molecular weight is 413 g/mol. The van der Waals surface area contributed by atoms with Gasteiger partial charge in [0.1, 0.15) is 0 Å². The lowest BCUT2D eigenvalue weighted by atomic mass is 9.99. The van der Waals surface area contributed by atoms with Crippen molar-refractivity contribution in [3.05, 3.63) is 101 Å². The molecule has 4 amide bonds. The van der Waals surface area contributed by atoms with Gasteiger partial charge in [-0.1, -0.05) is 60.7 Å². The maximum atomic E-state index is 12.8. The smallest absolute Gasteiger partial charge is 0.319 e. The fourth-order valence-electron chi connectivity index (χ4n) is 3.75. The molecule has 1 aliphatic heterocycles. The summed E-state index contributed by atoms with van der Waals surface area (Å²) >= 11 is 0. The van der Waals surface area contributed by atoms with Crippen molar-refractivity contribution >= 4 is 23.5 Å². The fourth-order valence-corrected chi connectivity index (χ4v) is 3.75. The monoisotopic (exact) mass is 413 g/mol. The zero-order valence-electron chi connectivity index (χ0n) is 17.3. The Balaban J connectivity index is 1.55. The Hall–Kier alpha value is -3.93. The minimum Gasteiger partial charge on any atom is -0.327 e. The molecule has 0 saturated heterocycles. The van der Waals surface area contributed by atoms with E-state index >= 15 is 0 Å². The predicted molar refractivity (Wildman–Crippen MR) is 119 cm³/mol. The van der Waals surface area contributed by atoms with E-state index in [-0.39, 0.29) is 23.9 Å². The average Bonchev–Trinajstić information content (AvgIpc) is 3.03. The van der Waals surface area contributed by atoms with Crippen LogP contribution in [0.1, 0.15) is 51.7 Å². The molecular formula is C25H23N3O3. The molecule has 0 aliphatic carbocycles. The second kappa shape index (κ2) is 8.44. The number of nitrogens with zero attached hydrogens (tertiary/aromatic N) is 1. The first-order chi connectivity index (χ1) is 15.0. The van der Waals surface area contributed by atoms with Crippen molar-refractivity contribution in [2.24, 2.45) is 0 Å². The Morgan fingerprint density at radius 3 is 1.87 bits per heavy atom. The minimum absolute atomic E-state index is 0.232. The molecule has 3 aromatic rings. The van der Waals surface area contributed by atoms with Gasteiger partial charge in [-0.3, -0.25) is 14.5 Å². The lowest BCUT2D eigenvalue weighted by Gasteiger charge is -2.20. The Morgan fingerprint density at radius 2 is 1.32 bits per heavy atom. The van der Waals surface area contributed by atoms with Gasteiger partial charge in [0, 0.05) is 11.7 Å². The first-order valence-corrected chi connectivity index (χ1v) is 10.1. The number of benzene rings is 3. The lowest BCUT2D eigenvalue weighted by molar-refractivity contribution is 0.0609. The summed E-state index contributed by atoms with van der Waals surface area (Å²) in [5, 5.41) is 5.79. The van der Waals surface area contributed by atoms with Crippen LogP contribution in [0, 0.1) is 0 Å². The summed E-state index contributed by atoms with van der Waals surface area (Å²) in [4.78, 5) is 39.1. The van der Waals surface area contributed by atoms with E-state index < -0.39 is 6.03 Å². The van der Waals surface area contributed by atoms with Gasteiger partial charge < -0.3 is 10.6 Å². The van der Waals surface area contributed by atoms with Crippen molar-refractivity contribution in [1.29, 1.82) is 0 Å². The molecule has 3 aromatic carbocycles. The van der Waals surface area contributed by atoms with Crippen LogP contribution in [0.15, 0.2) is 78.9 Å². The lowest BCUT2D eigenvalue weighted by Crippen LogP contribution is -2.35. The Labute approximate surface area is 180 Å². The van der Waals surface area contributed by atoms with Crippen molar-refractivity contribution in [3.8, 4) is 0 Å². The van der Waals surface area contributed by atoms with E-state index in [9.17, 15) is 14.4 Å². The van der Waals surface area contributed by atoms with E-state index in [1.807, 2.05) is 60.7 Å². The first kappa shape index (κ1) is 20.3. The van der Waals surface area contributed by atoms with Gasteiger partial charge in [-0.25, -0.2) is 4.79 Å². The summed E-state index contributed by atoms with van der Waals surface area (Å²) in [5.41, 5.74) is 3.01. The number of fused-ring (bicyclic) bond motifs is 1. The molecule has 0 spiro atoms. The third-order valence-corrected chi connectivity index (χ3v) is 5.23. The highest BCUT2D eigenvalue weighted by atomic mass is 16.2. The number of carbonyl (C=O) groups is 3. The van der Waals surface area contributed by atoms with Gasteiger partial charge in [-0.15, -0.1) is 0 Å². The van der Waals surface area contributed by atoms with Gasteiger partial charge in [-0.2, -0.15) is 0 Å². The molecule has 1 aliphatic rings. The van der Waals surface area contributed by atoms with Crippen LogP contribution in [0.3, 0.4) is 0 Å². The number of carbonyl (C=O) groups excluding carboxylic acids is 3. The van der Waals surface area contributed by atoms with E-state index in [0.717, 1.165) is 11.1 Å². The highest BCUT2D eigenvalue weighted by Gasteiger charge is 2.37. The minimum atomic E-state index is -0.407. The van der Waals surface area contributed by atoms with Crippen molar-refractivity contribution in [2.45, 2.75) is 25.9 Å². The summed E-state index contributed by atoms with van der Waals surface area (Å²) in [5.74, 6) is -0.648. The van der Waals surface area contributed by atoms with Gasteiger partial charge in [0.2, 0.25) is 0 Å². The van der Waals surface area contributed by atoms with Crippen molar-refractivity contribution < 1.29 is 14.4 Å². The summed E-state index contributed by atoms with van der Waals surface area (Å²) in [6.07, 6.45) is 0. The molecule has 0 fully saturated rings. The quantitative estimate of drug-likeness (QED) is 0.600. The summed E-state index contributed by atoms with van der Waals surface area (Å²) in [6.45, 7) is 3.59. The molecule has 0 aromatic heterocycles. The van der Waals surface area contributed by atoms with Crippen molar-refractivity contribution in [1.82, 2.24) is 10.2 Å². The van der Waals surface area contributed by atoms with Crippen LogP contribution in [0.5, 0.6) is 0 Å². The number of hydrogen-bond donors (Lipinski definition) is 2. The van der Waals surface area contributed by atoms with E-state index in [2.05, 4.69) is 10.6 Å². The number of anilines is 1. The summed E-state index contributed by atoms with van der Waals surface area (Å²) < 4.78 is 0. The number of rotatable bonds is 5. The number of amides is 4. The van der Waals surface area contributed by atoms with Crippen LogP contribution in [0.4, 0.5) is 10.5 Å². The number of hydrogen-bond acceptors (Lipinski definition) is 3. The topological polar surface area (TPSA) is 78.5 Å². The number of urea groups is 1. The van der Waals surface area contributed by atoms with E-state index in [4.69, 9.17) is 0 Å². The van der Waals surface area contributed by atoms with E-state index in [1.165, 1.54) is 4.90 Å².